The highest BCUT2D eigenvalue weighted by atomic mass is 127. The van der Waals surface area contributed by atoms with Crippen LogP contribution in [0.4, 0.5) is 0 Å². The first-order chi connectivity index (χ1) is 12.3. The van der Waals surface area contributed by atoms with Crippen molar-refractivity contribution < 1.29 is 9.15 Å². The molecule has 3 rings (SSSR count). The van der Waals surface area contributed by atoms with Gasteiger partial charge in [0.15, 0.2) is 5.96 Å². The lowest BCUT2D eigenvalue weighted by Crippen LogP contribution is -2.51. The second kappa shape index (κ2) is 11.7. The predicted octanol–water partition coefficient (Wildman–Crippen LogP) is 3.39. The number of rotatable bonds is 7. The fourth-order valence-corrected chi connectivity index (χ4v) is 5.02. The van der Waals surface area contributed by atoms with Crippen LogP contribution in [-0.2, 0) is 11.2 Å². The van der Waals surface area contributed by atoms with Crippen LogP contribution in [0.3, 0.4) is 0 Å². The van der Waals surface area contributed by atoms with Crippen molar-refractivity contribution in [3.63, 3.8) is 0 Å². The van der Waals surface area contributed by atoms with Gasteiger partial charge in [-0.2, -0.15) is 23.5 Å². The van der Waals surface area contributed by atoms with E-state index in [0.29, 0.717) is 6.04 Å². The molecule has 2 fully saturated rings. The van der Waals surface area contributed by atoms with Gasteiger partial charge in [0.05, 0.1) is 18.4 Å². The third-order valence-corrected chi connectivity index (χ3v) is 6.52. The molecule has 0 bridgehead atoms. The number of hydrogen-bond donors (Lipinski definition) is 2. The molecule has 148 valence electrons. The molecule has 2 unspecified atom stereocenters. The Kier molecular flexibility index (Phi) is 10.0. The molecule has 0 radical (unpaired) electrons. The van der Waals surface area contributed by atoms with Crippen LogP contribution >= 0.6 is 47.5 Å². The number of ether oxygens (including phenoxy) is 1. The maximum atomic E-state index is 6.13. The van der Waals surface area contributed by atoms with Crippen molar-refractivity contribution in [2.24, 2.45) is 4.99 Å². The van der Waals surface area contributed by atoms with Gasteiger partial charge >= 0.3 is 0 Å². The molecule has 8 heteroatoms. The number of hydrogen-bond acceptors (Lipinski definition) is 5. The SMILES string of the molecule is CSCCN=C(NCCc1ccco1)NC1CCOC2(CCSC2)C1.I. The summed E-state index contributed by atoms with van der Waals surface area (Å²) in [5.74, 6) is 5.33. The van der Waals surface area contributed by atoms with Gasteiger partial charge in [0.2, 0.25) is 0 Å². The molecule has 2 aliphatic heterocycles. The van der Waals surface area contributed by atoms with Gasteiger partial charge in [-0.25, -0.2) is 0 Å². The van der Waals surface area contributed by atoms with Crippen molar-refractivity contribution in [2.45, 2.75) is 37.3 Å². The molecule has 1 spiro atoms. The average molecular weight is 511 g/mol. The monoisotopic (exact) mass is 511 g/mol. The van der Waals surface area contributed by atoms with Crippen molar-refractivity contribution in [1.82, 2.24) is 10.6 Å². The Morgan fingerprint density at radius 3 is 3.15 bits per heavy atom. The first kappa shape index (κ1) is 22.2. The van der Waals surface area contributed by atoms with E-state index in [0.717, 1.165) is 62.2 Å². The van der Waals surface area contributed by atoms with Crippen LogP contribution in [0, 0.1) is 0 Å². The molecule has 0 saturated carbocycles. The minimum Gasteiger partial charge on any atom is -0.469 e. The number of nitrogens with one attached hydrogen (secondary N) is 2. The molecule has 1 aromatic rings. The minimum atomic E-state index is 0. The van der Waals surface area contributed by atoms with E-state index in [-0.39, 0.29) is 29.6 Å². The molecule has 2 aliphatic rings. The highest BCUT2D eigenvalue weighted by Crippen LogP contribution is 2.38. The standard InChI is InChI=1S/C18H29N3O2S2.HI/c1-24-12-8-20-17(19-7-4-16-3-2-9-22-16)21-15-5-10-23-18(13-15)6-11-25-14-18;/h2-3,9,15H,4-8,10-14H2,1H3,(H2,19,20,21);1H. The molecule has 26 heavy (non-hydrogen) atoms. The number of guanidine groups is 1. The number of nitrogens with zero attached hydrogens (tertiary/aromatic N) is 1. The van der Waals surface area contributed by atoms with Crippen LogP contribution < -0.4 is 10.6 Å². The second-order valence-electron chi connectivity index (χ2n) is 6.65. The minimum absolute atomic E-state index is 0. The van der Waals surface area contributed by atoms with E-state index >= 15 is 0 Å². The Balaban J connectivity index is 0.00000243. The quantitative estimate of drug-likeness (QED) is 0.253. The molecule has 5 nitrogen and oxygen atoms in total. The van der Waals surface area contributed by atoms with E-state index in [9.17, 15) is 0 Å². The van der Waals surface area contributed by atoms with E-state index < -0.39 is 0 Å². The molecule has 2 saturated heterocycles. The molecule has 2 N–H and O–H groups in total. The summed E-state index contributed by atoms with van der Waals surface area (Å²) in [5, 5.41) is 7.12. The molecule has 2 atom stereocenters. The highest BCUT2D eigenvalue weighted by Gasteiger charge is 2.40. The van der Waals surface area contributed by atoms with Gasteiger partial charge in [-0.05, 0) is 43.4 Å². The van der Waals surface area contributed by atoms with Crippen molar-refractivity contribution in [3.8, 4) is 0 Å². The lowest BCUT2D eigenvalue weighted by Gasteiger charge is -2.38. The van der Waals surface area contributed by atoms with E-state index in [2.05, 4.69) is 16.9 Å². The Morgan fingerprint density at radius 2 is 2.42 bits per heavy atom. The van der Waals surface area contributed by atoms with Gasteiger partial charge in [0.1, 0.15) is 5.76 Å². The van der Waals surface area contributed by atoms with Crippen LogP contribution in [0.1, 0.15) is 25.0 Å². The summed E-state index contributed by atoms with van der Waals surface area (Å²) in [6, 6.07) is 4.39. The van der Waals surface area contributed by atoms with Gasteiger partial charge in [-0.15, -0.1) is 24.0 Å². The predicted molar refractivity (Wildman–Crippen MR) is 123 cm³/mol. The second-order valence-corrected chi connectivity index (χ2v) is 8.74. The number of halogens is 1. The summed E-state index contributed by atoms with van der Waals surface area (Å²) in [7, 11) is 0. The maximum absolute atomic E-state index is 6.13. The Morgan fingerprint density at radius 1 is 1.50 bits per heavy atom. The third-order valence-electron chi connectivity index (χ3n) is 4.71. The molecule has 1 aromatic heterocycles. The summed E-state index contributed by atoms with van der Waals surface area (Å²) in [6.45, 7) is 2.51. The maximum Gasteiger partial charge on any atom is 0.191 e. The first-order valence-electron chi connectivity index (χ1n) is 9.08. The zero-order chi connectivity index (χ0) is 17.4. The summed E-state index contributed by atoms with van der Waals surface area (Å²) < 4.78 is 11.5. The number of furan rings is 1. The fraction of sp³-hybridized carbons (Fsp3) is 0.722. The van der Waals surface area contributed by atoms with Crippen LogP contribution in [-0.4, -0.2) is 60.8 Å². The molecule has 0 aromatic carbocycles. The van der Waals surface area contributed by atoms with Crippen molar-refractivity contribution >= 4 is 53.5 Å². The number of thioether (sulfide) groups is 2. The molecule has 0 amide bonds. The van der Waals surface area contributed by atoms with Crippen LogP contribution in [0.25, 0.3) is 0 Å². The van der Waals surface area contributed by atoms with Gasteiger partial charge < -0.3 is 19.8 Å². The smallest absolute Gasteiger partial charge is 0.191 e. The summed E-state index contributed by atoms with van der Waals surface area (Å²) in [6.07, 6.45) is 8.02. The van der Waals surface area contributed by atoms with Gasteiger partial charge in [0.25, 0.3) is 0 Å². The average Bonchev–Trinajstić information content (AvgIpc) is 3.28. The van der Waals surface area contributed by atoms with Gasteiger partial charge in [0, 0.05) is 37.1 Å². The third kappa shape index (κ3) is 6.83. The largest absolute Gasteiger partial charge is 0.469 e. The van der Waals surface area contributed by atoms with E-state index in [1.807, 2.05) is 35.7 Å². The lowest BCUT2D eigenvalue weighted by molar-refractivity contribution is -0.0679. The van der Waals surface area contributed by atoms with Crippen molar-refractivity contribution in [1.29, 1.82) is 0 Å². The molecular weight excluding hydrogens is 481 g/mol. The number of aliphatic imine (C=N–C) groups is 1. The Hall–Kier alpha value is -0.0600. The van der Waals surface area contributed by atoms with Crippen molar-refractivity contribution in [3.05, 3.63) is 24.2 Å². The fourth-order valence-electron chi connectivity index (χ4n) is 3.37. The normalized spacial score (nSPS) is 25.9. The highest BCUT2D eigenvalue weighted by molar-refractivity contribution is 14.0. The van der Waals surface area contributed by atoms with E-state index in [1.54, 1.807) is 6.26 Å². The topological polar surface area (TPSA) is 58.8 Å². The van der Waals surface area contributed by atoms with Crippen molar-refractivity contribution in [2.75, 3.05) is 43.2 Å². The molecular formula is C18H30IN3O2S2. The zero-order valence-electron chi connectivity index (χ0n) is 15.4. The van der Waals surface area contributed by atoms with Gasteiger partial charge in [-0.3, -0.25) is 4.99 Å². The molecule has 3 heterocycles. The summed E-state index contributed by atoms with van der Waals surface area (Å²) >= 11 is 3.84. The first-order valence-corrected chi connectivity index (χ1v) is 11.6. The van der Waals surface area contributed by atoms with Gasteiger partial charge in [-0.1, -0.05) is 0 Å². The van der Waals surface area contributed by atoms with Crippen LogP contribution in [0.2, 0.25) is 0 Å². The Bertz CT molecular complexity index is 537. The lowest BCUT2D eigenvalue weighted by atomic mass is 9.90. The molecule has 0 aliphatic carbocycles. The van der Waals surface area contributed by atoms with E-state index in [4.69, 9.17) is 14.1 Å². The summed E-state index contributed by atoms with van der Waals surface area (Å²) in [4.78, 5) is 4.74. The zero-order valence-corrected chi connectivity index (χ0v) is 19.3. The Labute approximate surface area is 182 Å². The van der Waals surface area contributed by atoms with Crippen LogP contribution in [0.5, 0.6) is 0 Å². The van der Waals surface area contributed by atoms with E-state index in [1.165, 1.54) is 12.2 Å². The van der Waals surface area contributed by atoms with Crippen LogP contribution in [0.15, 0.2) is 27.8 Å². The summed E-state index contributed by atoms with van der Waals surface area (Å²) in [5.41, 5.74) is 0.0964.